The quantitative estimate of drug-likeness (QED) is 0.353. The van der Waals surface area contributed by atoms with Gasteiger partial charge in [-0.05, 0) is 105 Å². The Kier molecular flexibility index (Phi) is 8.36. The van der Waals surface area contributed by atoms with Crippen LogP contribution in [0.25, 0.3) is 0 Å². The summed E-state index contributed by atoms with van der Waals surface area (Å²) < 4.78 is 7.29. The minimum Gasteiger partial charge on any atom is -0.369 e. The smallest absolute Gasteiger partial charge is 0.220 e. The molecule has 3 saturated carbocycles. The number of likely N-dealkylation sites (tertiary alicyclic amines) is 1. The second-order valence-electron chi connectivity index (χ2n) is 16.3. The van der Waals surface area contributed by atoms with E-state index >= 15 is 0 Å². The van der Waals surface area contributed by atoms with Crippen LogP contribution >= 0.6 is 0 Å². The van der Waals surface area contributed by atoms with Crippen molar-refractivity contribution < 1.29 is 14.3 Å². The summed E-state index contributed by atoms with van der Waals surface area (Å²) in [5.74, 6) is 4.65. The van der Waals surface area contributed by atoms with Gasteiger partial charge in [0, 0.05) is 50.9 Å². The van der Waals surface area contributed by atoms with E-state index in [-0.39, 0.29) is 11.5 Å². The SMILES string of the molecule is CC1=C2CC3[C@@H](CC[C@@H]4CC(=O)CC[C@]34C)C2CC[C@@]2(C1)O[C@@H]1C[C@H](C)CN(CCNC(=O)CCc3ccccc3)C1[C@H]2C. The highest BCUT2D eigenvalue weighted by atomic mass is 16.5. The van der Waals surface area contributed by atoms with E-state index in [0.29, 0.717) is 60.0 Å². The predicted octanol–water partition coefficient (Wildman–Crippen LogP) is 7.14. The molecule has 5 fully saturated rings. The first-order chi connectivity index (χ1) is 21.2. The Morgan fingerprint density at radius 1 is 1.09 bits per heavy atom. The number of ether oxygens (including phenoxy) is 1. The molecule has 0 bridgehead atoms. The molecule has 2 saturated heterocycles. The number of carbonyl (C=O) groups is 2. The summed E-state index contributed by atoms with van der Waals surface area (Å²) in [5, 5.41) is 3.23. The maximum Gasteiger partial charge on any atom is 0.220 e. The Bertz CT molecular complexity index is 1280. The maximum atomic E-state index is 12.7. The van der Waals surface area contributed by atoms with Gasteiger partial charge in [-0.25, -0.2) is 0 Å². The largest absolute Gasteiger partial charge is 0.369 e. The molecule has 5 nitrogen and oxygen atoms in total. The van der Waals surface area contributed by atoms with Gasteiger partial charge < -0.3 is 10.1 Å². The van der Waals surface area contributed by atoms with Crippen molar-refractivity contribution in [1.29, 1.82) is 0 Å². The fraction of sp³-hybridized carbons (Fsp3) is 0.744. The Morgan fingerprint density at radius 2 is 1.91 bits per heavy atom. The van der Waals surface area contributed by atoms with Crippen molar-refractivity contribution in [2.24, 2.45) is 40.9 Å². The summed E-state index contributed by atoms with van der Waals surface area (Å²) >= 11 is 0. The molecule has 1 spiro atoms. The zero-order valence-corrected chi connectivity index (χ0v) is 27.8. The lowest BCUT2D eigenvalue weighted by Gasteiger charge is -2.52. The van der Waals surface area contributed by atoms with Gasteiger partial charge in [-0.1, -0.05) is 62.2 Å². The van der Waals surface area contributed by atoms with Crippen LogP contribution in [0.4, 0.5) is 0 Å². The molecule has 1 aromatic rings. The van der Waals surface area contributed by atoms with Crippen molar-refractivity contribution in [2.75, 3.05) is 19.6 Å². The van der Waals surface area contributed by atoms with E-state index < -0.39 is 0 Å². The highest BCUT2D eigenvalue weighted by molar-refractivity contribution is 5.79. The fourth-order valence-corrected chi connectivity index (χ4v) is 11.6. The van der Waals surface area contributed by atoms with Crippen molar-refractivity contribution >= 4 is 11.7 Å². The molecule has 44 heavy (non-hydrogen) atoms. The van der Waals surface area contributed by atoms with Crippen molar-refractivity contribution in [3.8, 4) is 0 Å². The summed E-state index contributed by atoms with van der Waals surface area (Å²) in [6, 6.07) is 10.7. The zero-order valence-electron chi connectivity index (χ0n) is 27.8. The predicted molar refractivity (Wildman–Crippen MR) is 175 cm³/mol. The van der Waals surface area contributed by atoms with Crippen LogP contribution in [0, 0.1) is 40.9 Å². The average molecular weight is 601 g/mol. The van der Waals surface area contributed by atoms with E-state index in [0.717, 1.165) is 63.5 Å². The van der Waals surface area contributed by atoms with Crippen molar-refractivity contribution in [3.05, 3.63) is 47.0 Å². The first-order valence-corrected chi connectivity index (χ1v) is 18.1. The van der Waals surface area contributed by atoms with Gasteiger partial charge in [0.15, 0.2) is 0 Å². The minimum absolute atomic E-state index is 0.0636. The van der Waals surface area contributed by atoms with Crippen molar-refractivity contribution in [2.45, 2.75) is 122 Å². The van der Waals surface area contributed by atoms with E-state index in [4.69, 9.17) is 4.74 Å². The second-order valence-corrected chi connectivity index (χ2v) is 16.3. The van der Waals surface area contributed by atoms with Crippen LogP contribution in [0.2, 0.25) is 0 Å². The number of nitrogens with zero attached hydrogens (tertiary/aromatic N) is 1. The van der Waals surface area contributed by atoms with E-state index in [2.05, 4.69) is 50.0 Å². The standard InChI is InChI=1S/C39H56N2O3/c1-25-20-35-37(41(24-25)19-18-40-36(43)13-10-28-8-6-5-7-9-28)27(3)39(44-35)17-15-31-32-12-11-29-21-30(42)14-16-38(29,4)34(32)22-33(31)26(2)23-39/h5-9,25,27,29,31-32,34-35,37H,10-24H2,1-4H3,(H,40,43)/t25-,27+,29+,31?,32-,34?,35+,37?,38-,39-/m0/s1. The summed E-state index contributed by atoms with van der Waals surface area (Å²) in [4.78, 5) is 27.7. The molecular formula is C39H56N2O3. The molecule has 5 heteroatoms. The van der Waals surface area contributed by atoms with Gasteiger partial charge in [0.1, 0.15) is 5.78 Å². The molecule has 6 aliphatic rings. The molecule has 2 aliphatic heterocycles. The van der Waals surface area contributed by atoms with Gasteiger partial charge >= 0.3 is 0 Å². The maximum absolute atomic E-state index is 12.7. The normalized spacial score (nSPS) is 42.0. The first kappa shape index (κ1) is 30.7. The van der Waals surface area contributed by atoms with Crippen LogP contribution in [0.15, 0.2) is 41.5 Å². The van der Waals surface area contributed by atoms with Crippen LogP contribution in [0.1, 0.15) is 104 Å². The lowest BCUT2D eigenvalue weighted by Crippen LogP contribution is -2.53. The number of nitrogens with one attached hydrogen (secondary N) is 1. The number of allylic oxidation sites excluding steroid dienone is 1. The van der Waals surface area contributed by atoms with Crippen LogP contribution in [-0.4, -0.2) is 54.0 Å². The van der Waals surface area contributed by atoms with Gasteiger partial charge in [-0.3, -0.25) is 14.5 Å². The van der Waals surface area contributed by atoms with Gasteiger partial charge in [-0.15, -0.1) is 0 Å². The molecule has 0 radical (unpaired) electrons. The number of amides is 1. The monoisotopic (exact) mass is 600 g/mol. The number of piperidine rings is 1. The lowest BCUT2D eigenvalue weighted by molar-refractivity contribution is -0.130. The molecular weight excluding hydrogens is 544 g/mol. The van der Waals surface area contributed by atoms with Gasteiger partial charge in [-0.2, -0.15) is 0 Å². The Balaban J connectivity index is 1.02. The second kappa shape index (κ2) is 12.0. The van der Waals surface area contributed by atoms with E-state index in [1.807, 2.05) is 18.2 Å². The van der Waals surface area contributed by atoms with E-state index in [9.17, 15) is 9.59 Å². The Hall–Kier alpha value is -1.98. The highest BCUT2D eigenvalue weighted by Gasteiger charge is 2.60. The third-order valence-corrected chi connectivity index (χ3v) is 13.9. The number of fused-ring (bicyclic) bond motifs is 6. The third-order valence-electron chi connectivity index (χ3n) is 13.9. The molecule has 7 rings (SSSR count). The van der Waals surface area contributed by atoms with E-state index in [1.54, 1.807) is 11.1 Å². The number of hydrogen-bond donors (Lipinski definition) is 1. The van der Waals surface area contributed by atoms with Crippen LogP contribution < -0.4 is 5.32 Å². The average Bonchev–Trinajstić information content (AvgIpc) is 3.47. The number of hydrogen-bond acceptors (Lipinski definition) is 4. The number of Topliss-reactive ketones (excluding diaryl/α,β-unsaturated/α-hetero) is 1. The Labute approximate surface area is 265 Å². The summed E-state index contributed by atoms with van der Waals surface area (Å²) in [7, 11) is 0. The summed E-state index contributed by atoms with van der Waals surface area (Å²) in [5.41, 5.74) is 4.92. The number of ketones is 1. The highest BCUT2D eigenvalue weighted by Crippen LogP contribution is 2.65. The summed E-state index contributed by atoms with van der Waals surface area (Å²) in [6.07, 6.45) is 12.9. The molecule has 1 N–H and O–H groups in total. The molecule has 10 atom stereocenters. The topological polar surface area (TPSA) is 58.6 Å². The molecule has 2 heterocycles. The van der Waals surface area contributed by atoms with Crippen LogP contribution in [0.5, 0.6) is 0 Å². The van der Waals surface area contributed by atoms with Crippen molar-refractivity contribution in [1.82, 2.24) is 10.2 Å². The van der Waals surface area contributed by atoms with Gasteiger partial charge in [0.25, 0.3) is 0 Å². The first-order valence-electron chi connectivity index (χ1n) is 18.1. The number of aryl methyl sites for hydroxylation is 1. The van der Waals surface area contributed by atoms with Gasteiger partial charge in [0.2, 0.25) is 5.91 Å². The Morgan fingerprint density at radius 3 is 2.73 bits per heavy atom. The molecule has 1 aromatic carbocycles. The number of rotatable bonds is 6. The fourth-order valence-electron chi connectivity index (χ4n) is 11.6. The minimum atomic E-state index is -0.0636. The van der Waals surface area contributed by atoms with Gasteiger partial charge in [0.05, 0.1) is 11.7 Å². The molecule has 4 aliphatic carbocycles. The third kappa shape index (κ3) is 5.42. The molecule has 240 valence electrons. The number of benzene rings is 1. The summed E-state index contributed by atoms with van der Waals surface area (Å²) in [6.45, 7) is 12.6. The van der Waals surface area contributed by atoms with Crippen LogP contribution in [-0.2, 0) is 20.7 Å². The van der Waals surface area contributed by atoms with Crippen LogP contribution in [0.3, 0.4) is 0 Å². The number of carbonyl (C=O) groups excluding carboxylic acids is 2. The molecule has 0 aromatic heterocycles. The van der Waals surface area contributed by atoms with Crippen molar-refractivity contribution in [3.63, 3.8) is 0 Å². The lowest BCUT2D eigenvalue weighted by atomic mass is 9.52. The molecule has 1 amide bonds. The zero-order chi connectivity index (χ0) is 30.6. The molecule has 3 unspecified atom stereocenters. The van der Waals surface area contributed by atoms with E-state index in [1.165, 1.54) is 37.7 Å².